The second-order valence-corrected chi connectivity index (χ2v) is 6.28. The van der Waals surface area contributed by atoms with Crippen LogP contribution in [0.2, 0.25) is 0 Å². The number of rotatable bonds is 6. The van der Waals surface area contributed by atoms with Crippen LogP contribution in [0.1, 0.15) is 49.4 Å². The zero-order valence-corrected chi connectivity index (χ0v) is 14.4. The zero-order valence-electron chi connectivity index (χ0n) is 14.4. The molecule has 1 aliphatic heterocycles. The standard InChI is InChI=1S/C18H27N3O2/c1-4-5-8-17(22)19-14-9-10-16(20(2)3)15(13-14)18(23)21-11-6-7-12-21/h9-10,13H,4-8,11-12H2,1-3H3,(H,19,22). The Morgan fingerprint density at radius 1 is 1.22 bits per heavy atom. The van der Waals surface area contributed by atoms with E-state index >= 15 is 0 Å². The molecule has 1 N–H and O–H groups in total. The molecule has 1 saturated heterocycles. The Hall–Kier alpha value is -2.04. The topological polar surface area (TPSA) is 52.7 Å². The van der Waals surface area contributed by atoms with E-state index in [1.165, 1.54) is 0 Å². The third kappa shape index (κ3) is 4.47. The average molecular weight is 317 g/mol. The predicted octanol–water partition coefficient (Wildman–Crippen LogP) is 3.12. The Bertz CT molecular complexity index is 563. The fourth-order valence-corrected chi connectivity index (χ4v) is 2.83. The number of nitrogens with zero attached hydrogens (tertiary/aromatic N) is 2. The number of hydrogen-bond acceptors (Lipinski definition) is 3. The first-order valence-electron chi connectivity index (χ1n) is 8.43. The maximum absolute atomic E-state index is 12.8. The van der Waals surface area contributed by atoms with Crippen LogP contribution in [0.5, 0.6) is 0 Å². The van der Waals surface area contributed by atoms with Crippen molar-refractivity contribution in [3.63, 3.8) is 0 Å². The van der Waals surface area contributed by atoms with Gasteiger partial charge in [0.15, 0.2) is 0 Å². The van der Waals surface area contributed by atoms with Crippen molar-refractivity contribution in [2.45, 2.75) is 39.0 Å². The van der Waals surface area contributed by atoms with Gasteiger partial charge in [0.1, 0.15) is 0 Å². The summed E-state index contributed by atoms with van der Waals surface area (Å²) in [6.45, 7) is 3.70. The molecule has 1 aromatic rings. The lowest BCUT2D eigenvalue weighted by molar-refractivity contribution is -0.116. The molecule has 0 bridgehead atoms. The lowest BCUT2D eigenvalue weighted by atomic mass is 10.1. The first-order chi connectivity index (χ1) is 11.0. The van der Waals surface area contributed by atoms with E-state index in [0.29, 0.717) is 17.7 Å². The molecule has 0 unspecified atom stereocenters. The molecule has 126 valence electrons. The van der Waals surface area contributed by atoms with Gasteiger partial charge in [-0.05, 0) is 37.5 Å². The minimum Gasteiger partial charge on any atom is -0.377 e. The van der Waals surface area contributed by atoms with Crippen LogP contribution in [0.4, 0.5) is 11.4 Å². The van der Waals surface area contributed by atoms with Crippen molar-refractivity contribution in [3.05, 3.63) is 23.8 Å². The average Bonchev–Trinajstić information content (AvgIpc) is 3.06. The van der Waals surface area contributed by atoms with E-state index in [9.17, 15) is 9.59 Å². The van der Waals surface area contributed by atoms with E-state index in [0.717, 1.165) is 44.5 Å². The van der Waals surface area contributed by atoms with E-state index in [1.54, 1.807) is 6.07 Å². The van der Waals surface area contributed by atoms with Crippen LogP contribution in [-0.4, -0.2) is 43.9 Å². The zero-order chi connectivity index (χ0) is 16.8. The summed E-state index contributed by atoms with van der Waals surface area (Å²) < 4.78 is 0. The lowest BCUT2D eigenvalue weighted by Crippen LogP contribution is -2.29. The molecule has 0 atom stereocenters. The van der Waals surface area contributed by atoms with E-state index in [2.05, 4.69) is 12.2 Å². The predicted molar refractivity (Wildman–Crippen MR) is 94.1 cm³/mol. The second-order valence-electron chi connectivity index (χ2n) is 6.28. The van der Waals surface area contributed by atoms with Crippen molar-refractivity contribution in [3.8, 4) is 0 Å². The summed E-state index contributed by atoms with van der Waals surface area (Å²) >= 11 is 0. The lowest BCUT2D eigenvalue weighted by Gasteiger charge is -2.22. The van der Waals surface area contributed by atoms with Crippen molar-refractivity contribution in [2.75, 3.05) is 37.4 Å². The third-order valence-electron chi connectivity index (χ3n) is 4.14. The molecule has 0 spiro atoms. The molecule has 5 nitrogen and oxygen atoms in total. The fourth-order valence-electron chi connectivity index (χ4n) is 2.83. The van der Waals surface area contributed by atoms with E-state index in [-0.39, 0.29) is 11.8 Å². The number of amides is 2. The molecule has 0 saturated carbocycles. The van der Waals surface area contributed by atoms with E-state index in [1.807, 2.05) is 36.0 Å². The Labute approximate surface area is 138 Å². The highest BCUT2D eigenvalue weighted by atomic mass is 16.2. The number of benzene rings is 1. The van der Waals surface area contributed by atoms with Crippen molar-refractivity contribution in [1.82, 2.24) is 4.90 Å². The molecule has 5 heteroatoms. The van der Waals surface area contributed by atoms with Crippen LogP contribution >= 0.6 is 0 Å². The molecular weight excluding hydrogens is 290 g/mol. The summed E-state index contributed by atoms with van der Waals surface area (Å²) in [4.78, 5) is 28.5. The number of likely N-dealkylation sites (tertiary alicyclic amines) is 1. The number of carbonyl (C=O) groups is 2. The van der Waals surface area contributed by atoms with E-state index < -0.39 is 0 Å². The Morgan fingerprint density at radius 2 is 1.91 bits per heavy atom. The highest BCUT2D eigenvalue weighted by Crippen LogP contribution is 2.26. The molecule has 2 amide bonds. The molecule has 0 aromatic heterocycles. The van der Waals surface area contributed by atoms with Gasteiger partial charge < -0.3 is 15.1 Å². The largest absolute Gasteiger partial charge is 0.377 e. The molecule has 2 rings (SSSR count). The number of carbonyl (C=O) groups excluding carboxylic acids is 2. The first kappa shape index (κ1) is 17.3. The van der Waals surface area contributed by atoms with Crippen LogP contribution in [-0.2, 0) is 4.79 Å². The normalized spacial score (nSPS) is 14.0. The van der Waals surface area contributed by atoms with Crippen molar-refractivity contribution >= 4 is 23.2 Å². The second kappa shape index (κ2) is 7.99. The van der Waals surface area contributed by atoms with Gasteiger partial charge in [0.05, 0.1) is 5.56 Å². The number of unbranched alkanes of at least 4 members (excludes halogenated alkanes) is 1. The van der Waals surface area contributed by atoms with Gasteiger partial charge in [-0.3, -0.25) is 9.59 Å². The summed E-state index contributed by atoms with van der Waals surface area (Å²) in [5, 5.41) is 2.90. The summed E-state index contributed by atoms with van der Waals surface area (Å²) in [6.07, 6.45) is 4.52. The highest BCUT2D eigenvalue weighted by Gasteiger charge is 2.23. The van der Waals surface area contributed by atoms with Crippen molar-refractivity contribution in [2.24, 2.45) is 0 Å². The molecular formula is C18H27N3O2. The number of nitrogens with one attached hydrogen (secondary N) is 1. The van der Waals surface area contributed by atoms with Crippen LogP contribution in [0.15, 0.2) is 18.2 Å². The molecule has 23 heavy (non-hydrogen) atoms. The van der Waals surface area contributed by atoms with Gasteiger partial charge in [-0.15, -0.1) is 0 Å². The van der Waals surface area contributed by atoms with Crippen LogP contribution in [0, 0.1) is 0 Å². The minimum atomic E-state index is 0.00373. The quantitative estimate of drug-likeness (QED) is 0.877. The van der Waals surface area contributed by atoms with E-state index in [4.69, 9.17) is 0 Å². The SMILES string of the molecule is CCCCC(=O)Nc1ccc(N(C)C)c(C(=O)N2CCCC2)c1. The van der Waals surface area contributed by atoms with Gasteiger partial charge in [-0.2, -0.15) is 0 Å². The fraction of sp³-hybridized carbons (Fsp3) is 0.556. The van der Waals surface area contributed by atoms with Crippen LogP contribution < -0.4 is 10.2 Å². The molecule has 1 aromatic carbocycles. The Balaban J connectivity index is 2.21. The van der Waals surface area contributed by atoms with Gasteiger partial charge in [0, 0.05) is 45.0 Å². The van der Waals surface area contributed by atoms with Gasteiger partial charge in [0.2, 0.25) is 5.91 Å². The Morgan fingerprint density at radius 3 is 2.52 bits per heavy atom. The monoisotopic (exact) mass is 317 g/mol. The summed E-state index contributed by atoms with van der Waals surface area (Å²) in [5.41, 5.74) is 2.23. The van der Waals surface area contributed by atoms with Crippen molar-refractivity contribution < 1.29 is 9.59 Å². The highest BCUT2D eigenvalue weighted by molar-refractivity contribution is 6.02. The molecule has 1 aliphatic rings. The Kier molecular flexibility index (Phi) is 6.02. The van der Waals surface area contributed by atoms with Gasteiger partial charge >= 0.3 is 0 Å². The number of anilines is 2. The van der Waals surface area contributed by atoms with Crippen LogP contribution in [0.3, 0.4) is 0 Å². The molecule has 1 fully saturated rings. The smallest absolute Gasteiger partial charge is 0.256 e. The summed E-state index contributed by atoms with van der Waals surface area (Å²) in [6, 6.07) is 5.57. The maximum atomic E-state index is 12.8. The first-order valence-corrected chi connectivity index (χ1v) is 8.43. The molecule has 0 aliphatic carbocycles. The summed E-state index contributed by atoms with van der Waals surface area (Å²) in [5.74, 6) is 0.0554. The minimum absolute atomic E-state index is 0.00373. The summed E-state index contributed by atoms with van der Waals surface area (Å²) in [7, 11) is 3.85. The van der Waals surface area contributed by atoms with Gasteiger partial charge in [0.25, 0.3) is 5.91 Å². The van der Waals surface area contributed by atoms with Gasteiger partial charge in [-0.1, -0.05) is 13.3 Å². The molecule has 1 heterocycles. The van der Waals surface area contributed by atoms with Crippen molar-refractivity contribution in [1.29, 1.82) is 0 Å². The third-order valence-corrected chi connectivity index (χ3v) is 4.14. The maximum Gasteiger partial charge on any atom is 0.256 e. The number of hydrogen-bond donors (Lipinski definition) is 1. The molecule has 0 radical (unpaired) electrons. The van der Waals surface area contributed by atoms with Crippen LogP contribution in [0.25, 0.3) is 0 Å². The van der Waals surface area contributed by atoms with Gasteiger partial charge in [-0.25, -0.2) is 0 Å².